The van der Waals surface area contributed by atoms with Crippen molar-refractivity contribution in [1.29, 1.82) is 0 Å². The van der Waals surface area contributed by atoms with Crippen molar-refractivity contribution in [3.8, 4) is 5.82 Å². The predicted octanol–water partition coefficient (Wildman–Crippen LogP) is 1.70. The second-order valence-corrected chi connectivity index (χ2v) is 7.55. The van der Waals surface area contributed by atoms with Crippen molar-refractivity contribution in [3.63, 3.8) is 0 Å². The Kier molecular flexibility index (Phi) is 7.38. The number of likely N-dealkylation sites (tertiary alicyclic amines) is 1. The average molecular weight is 428 g/mol. The van der Waals surface area contributed by atoms with E-state index >= 15 is 0 Å². The largest absolute Gasteiger partial charge is 0.466 e. The maximum absolute atomic E-state index is 13.1. The number of hydrogen-bond acceptors (Lipinski definition) is 6. The van der Waals surface area contributed by atoms with Crippen LogP contribution in [0.2, 0.25) is 0 Å². The molecule has 2 aromatic heterocycles. The minimum Gasteiger partial charge on any atom is -0.466 e. The molecular weight excluding hydrogens is 398 g/mol. The zero-order valence-electron chi connectivity index (χ0n) is 18.3. The summed E-state index contributed by atoms with van der Waals surface area (Å²) in [5, 5.41) is 4.34. The molecule has 3 heterocycles. The van der Waals surface area contributed by atoms with Crippen LogP contribution in [-0.4, -0.2) is 75.6 Å². The minimum atomic E-state index is -0.304. The van der Waals surface area contributed by atoms with E-state index in [1.165, 1.54) is 11.1 Å². The topological polar surface area (TPSA) is 97.6 Å². The smallest absolute Gasteiger partial charge is 0.310 e. The maximum atomic E-state index is 13.1. The van der Waals surface area contributed by atoms with Crippen LogP contribution in [-0.2, 0) is 20.7 Å². The van der Waals surface area contributed by atoms with Gasteiger partial charge in [0, 0.05) is 26.3 Å². The van der Waals surface area contributed by atoms with E-state index in [0.717, 1.165) is 12.1 Å². The molecule has 1 aliphatic rings. The standard InChI is InChI=1S/C22H29N5O4/c1-4-18-17(13-24-27(18)19-10-6-7-11-23-19)21(29)25(3)15-20(28)26-12-8-9-16(14-26)22(30)31-5-2/h6-7,10-11,13,16H,4-5,8-9,12,14-15H2,1-3H3. The summed E-state index contributed by atoms with van der Waals surface area (Å²) in [6, 6.07) is 5.50. The second kappa shape index (κ2) is 10.2. The molecule has 9 heteroatoms. The molecule has 0 aromatic carbocycles. The van der Waals surface area contributed by atoms with Gasteiger partial charge in [-0.1, -0.05) is 13.0 Å². The fraction of sp³-hybridized carbons (Fsp3) is 0.500. The van der Waals surface area contributed by atoms with E-state index in [-0.39, 0.29) is 30.2 Å². The molecule has 2 aromatic rings. The summed E-state index contributed by atoms with van der Waals surface area (Å²) in [5.74, 6) is -0.386. The Morgan fingerprint density at radius 2 is 2.06 bits per heavy atom. The van der Waals surface area contributed by atoms with Crippen molar-refractivity contribution in [1.82, 2.24) is 24.6 Å². The normalized spacial score (nSPS) is 16.1. The lowest BCUT2D eigenvalue weighted by Gasteiger charge is -2.32. The molecule has 0 N–H and O–H groups in total. The maximum Gasteiger partial charge on any atom is 0.310 e. The Bertz CT molecular complexity index is 927. The van der Waals surface area contributed by atoms with Gasteiger partial charge in [-0.2, -0.15) is 5.10 Å². The first-order chi connectivity index (χ1) is 15.0. The highest BCUT2D eigenvalue weighted by Crippen LogP contribution is 2.19. The molecule has 0 saturated carbocycles. The molecule has 1 atom stereocenters. The van der Waals surface area contributed by atoms with Gasteiger partial charge in [-0.05, 0) is 38.3 Å². The van der Waals surface area contributed by atoms with Crippen molar-refractivity contribution < 1.29 is 19.1 Å². The molecule has 1 aliphatic heterocycles. The molecular formula is C22H29N5O4. The zero-order valence-corrected chi connectivity index (χ0v) is 18.3. The monoisotopic (exact) mass is 427 g/mol. The highest BCUT2D eigenvalue weighted by molar-refractivity contribution is 5.97. The fourth-order valence-corrected chi connectivity index (χ4v) is 3.81. The molecule has 31 heavy (non-hydrogen) atoms. The highest BCUT2D eigenvalue weighted by atomic mass is 16.5. The van der Waals surface area contributed by atoms with Gasteiger partial charge in [0.25, 0.3) is 5.91 Å². The van der Waals surface area contributed by atoms with E-state index in [1.54, 1.807) is 29.7 Å². The van der Waals surface area contributed by atoms with Gasteiger partial charge in [0.15, 0.2) is 5.82 Å². The van der Waals surface area contributed by atoms with E-state index in [1.807, 2.05) is 25.1 Å². The molecule has 1 fully saturated rings. The molecule has 2 amide bonds. The first-order valence-corrected chi connectivity index (χ1v) is 10.6. The first-order valence-electron chi connectivity index (χ1n) is 10.6. The van der Waals surface area contributed by atoms with Gasteiger partial charge in [-0.3, -0.25) is 14.4 Å². The van der Waals surface area contributed by atoms with Gasteiger partial charge in [0.1, 0.15) is 0 Å². The Balaban J connectivity index is 1.67. The average Bonchev–Trinajstić information content (AvgIpc) is 3.23. The van der Waals surface area contributed by atoms with Gasteiger partial charge in [-0.15, -0.1) is 0 Å². The van der Waals surface area contributed by atoms with Gasteiger partial charge in [-0.25, -0.2) is 9.67 Å². The van der Waals surface area contributed by atoms with Gasteiger partial charge in [0.2, 0.25) is 5.91 Å². The predicted molar refractivity (Wildman–Crippen MR) is 114 cm³/mol. The van der Waals surface area contributed by atoms with E-state index in [9.17, 15) is 14.4 Å². The van der Waals surface area contributed by atoms with Crippen LogP contribution in [0.5, 0.6) is 0 Å². The molecule has 1 unspecified atom stereocenters. The SMILES string of the molecule is CCOC(=O)C1CCCN(C(=O)CN(C)C(=O)c2cnn(-c3ccccn3)c2CC)C1. The van der Waals surface area contributed by atoms with Crippen LogP contribution in [0.15, 0.2) is 30.6 Å². The summed E-state index contributed by atoms with van der Waals surface area (Å²) in [6.45, 7) is 4.89. The number of rotatable bonds is 7. The Hall–Kier alpha value is -3.23. The lowest BCUT2D eigenvalue weighted by Crippen LogP contribution is -2.47. The molecule has 0 radical (unpaired) electrons. The summed E-state index contributed by atoms with van der Waals surface area (Å²) in [7, 11) is 1.60. The Labute approximate surface area is 182 Å². The van der Waals surface area contributed by atoms with Crippen LogP contribution in [0.3, 0.4) is 0 Å². The van der Waals surface area contributed by atoms with E-state index in [2.05, 4.69) is 10.1 Å². The number of likely N-dealkylation sites (N-methyl/N-ethyl adjacent to an activating group) is 1. The number of piperidine rings is 1. The zero-order chi connectivity index (χ0) is 22.4. The van der Waals surface area contributed by atoms with Crippen molar-refractivity contribution in [2.75, 3.05) is 33.3 Å². The number of nitrogens with zero attached hydrogens (tertiary/aromatic N) is 5. The van der Waals surface area contributed by atoms with Crippen LogP contribution in [0.4, 0.5) is 0 Å². The summed E-state index contributed by atoms with van der Waals surface area (Å²) < 4.78 is 6.75. The molecule has 166 valence electrons. The molecule has 0 bridgehead atoms. The van der Waals surface area contributed by atoms with Crippen LogP contribution < -0.4 is 0 Å². The summed E-state index contributed by atoms with van der Waals surface area (Å²) in [5.41, 5.74) is 1.19. The number of hydrogen-bond donors (Lipinski definition) is 0. The fourth-order valence-electron chi connectivity index (χ4n) is 3.81. The number of carbonyl (C=O) groups is 3. The highest BCUT2D eigenvalue weighted by Gasteiger charge is 2.30. The van der Waals surface area contributed by atoms with Crippen molar-refractivity contribution in [3.05, 3.63) is 41.9 Å². The van der Waals surface area contributed by atoms with E-state index in [4.69, 9.17) is 4.74 Å². The van der Waals surface area contributed by atoms with Crippen LogP contribution in [0.25, 0.3) is 5.82 Å². The summed E-state index contributed by atoms with van der Waals surface area (Å²) >= 11 is 0. The van der Waals surface area contributed by atoms with Gasteiger partial charge >= 0.3 is 5.97 Å². The quantitative estimate of drug-likeness (QED) is 0.624. The third kappa shape index (κ3) is 5.10. The van der Waals surface area contributed by atoms with E-state index in [0.29, 0.717) is 43.9 Å². The Morgan fingerprint density at radius 3 is 2.74 bits per heavy atom. The number of ether oxygens (including phenoxy) is 1. The number of carbonyl (C=O) groups excluding carboxylic acids is 3. The number of pyridine rings is 1. The second-order valence-electron chi connectivity index (χ2n) is 7.55. The molecule has 9 nitrogen and oxygen atoms in total. The lowest BCUT2D eigenvalue weighted by atomic mass is 9.98. The first kappa shape index (κ1) is 22.5. The molecule has 0 spiro atoms. The van der Waals surface area contributed by atoms with Gasteiger partial charge in [0.05, 0.1) is 36.5 Å². The van der Waals surface area contributed by atoms with Crippen molar-refractivity contribution in [2.24, 2.45) is 5.92 Å². The van der Waals surface area contributed by atoms with Crippen LogP contribution in [0, 0.1) is 5.92 Å². The molecule has 3 rings (SSSR count). The number of aromatic nitrogens is 3. The third-order valence-electron chi connectivity index (χ3n) is 5.41. The number of amides is 2. The molecule has 1 saturated heterocycles. The summed E-state index contributed by atoms with van der Waals surface area (Å²) in [4.78, 5) is 45.2. The summed E-state index contributed by atoms with van der Waals surface area (Å²) in [6.07, 6.45) is 5.24. The van der Waals surface area contributed by atoms with Gasteiger partial charge < -0.3 is 14.5 Å². The molecule has 0 aliphatic carbocycles. The van der Waals surface area contributed by atoms with Crippen molar-refractivity contribution >= 4 is 17.8 Å². The van der Waals surface area contributed by atoms with Crippen molar-refractivity contribution in [2.45, 2.75) is 33.1 Å². The van der Waals surface area contributed by atoms with Crippen LogP contribution in [0.1, 0.15) is 42.7 Å². The van der Waals surface area contributed by atoms with E-state index < -0.39 is 0 Å². The Morgan fingerprint density at radius 1 is 1.26 bits per heavy atom. The number of esters is 1. The lowest BCUT2D eigenvalue weighted by molar-refractivity contribution is -0.151. The minimum absolute atomic E-state index is 0.0632. The third-order valence-corrected chi connectivity index (χ3v) is 5.41. The van der Waals surface area contributed by atoms with Crippen LogP contribution >= 0.6 is 0 Å².